The Hall–Kier alpha value is -2.34. The number of aliphatic hydroxyl groups excluding tert-OH is 1. The molecule has 1 unspecified atom stereocenters. The van der Waals surface area contributed by atoms with Gasteiger partial charge in [-0.15, -0.1) is 0 Å². The maximum absolute atomic E-state index is 12.0. The summed E-state index contributed by atoms with van der Waals surface area (Å²) >= 11 is 0. The summed E-state index contributed by atoms with van der Waals surface area (Å²) in [5, 5.41) is 17.0. The number of nitrogens with zero attached hydrogens (tertiary/aromatic N) is 3. The number of carbonyl (C=O) groups is 1. The van der Waals surface area contributed by atoms with Gasteiger partial charge in [0.15, 0.2) is 0 Å². The van der Waals surface area contributed by atoms with Crippen molar-refractivity contribution in [1.82, 2.24) is 20.0 Å². The first-order chi connectivity index (χ1) is 11.3. The van der Waals surface area contributed by atoms with E-state index in [0.29, 0.717) is 6.54 Å². The molecule has 0 radical (unpaired) electrons. The fourth-order valence-corrected chi connectivity index (χ4v) is 2.79. The predicted octanol–water partition coefficient (Wildman–Crippen LogP) is 1.75. The van der Waals surface area contributed by atoms with Gasteiger partial charge in [0.2, 0.25) is 0 Å². The van der Waals surface area contributed by atoms with Gasteiger partial charge in [-0.2, -0.15) is 5.10 Å². The van der Waals surface area contributed by atoms with Crippen molar-refractivity contribution in [1.29, 1.82) is 0 Å². The normalized spacial score (nSPS) is 15.6. The molecular formula is C17H22N4O2. The highest BCUT2D eigenvalue weighted by molar-refractivity contribution is 5.74. The predicted molar refractivity (Wildman–Crippen MR) is 87.6 cm³/mol. The number of carbonyl (C=O) groups excluding carboxylic acids is 1. The van der Waals surface area contributed by atoms with Crippen molar-refractivity contribution < 1.29 is 9.90 Å². The van der Waals surface area contributed by atoms with E-state index in [2.05, 4.69) is 10.4 Å². The summed E-state index contributed by atoms with van der Waals surface area (Å²) in [7, 11) is 0. The topological polar surface area (TPSA) is 70.4 Å². The Morgan fingerprint density at radius 3 is 2.65 bits per heavy atom. The lowest BCUT2D eigenvalue weighted by molar-refractivity contribution is 0.204. The number of likely N-dealkylation sites (tertiary alicyclic amines) is 1. The minimum Gasteiger partial charge on any atom is -0.396 e. The first-order valence-corrected chi connectivity index (χ1v) is 8.02. The highest BCUT2D eigenvalue weighted by Gasteiger charge is 2.20. The standard InChI is InChI=1S/C17H22N4O2/c22-13-14(12-18-17(23)20-9-4-5-10-20)16-8-11-21(19-16)15-6-2-1-3-7-15/h1-3,6-8,11,14,22H,4-5,9-10,12-13H2,(H,18,23). The maximum atomic E-state index is 12.0. The second kappa shape index (κ2) is 7.28. The molecule has 3 rings (SSSR count). The molecule has 0 bridgehead atoms. The Morgan fingerprint density at radius 2 is 1.96 bits per heavy atom. The number of amides is 2. The van der Waals surface area contributed by atoms with Crippen LogP contribution in [0.5, 0.6) is 0 Å². The molecule has 1 saturated heterocycles. The molecule has 1 aliphatic rings. The number of benzene rings is 1. The lowest BCUT2D eigenvalue weighted by atomic mass is 10.1. The molecule has 6 heteroatoms. The van der Waals surface area contributed by atoms with Crippen molar-refractivity contribution >= 4 is 6.03 Å². The Morgan fingerprint density at radius 1 is 1.22 bits per heavy atom. The van der Waals surface area contributed by atoms with Crippen LogP contribution in [0.1, 0.15) is 24.5 Å². The van der Waals surface area contributed by atoms with Gasteiger partial charge in [0.25, 0.3) is 0 Å². The maximum Gasteiger partial charge on any atom is 0.317 e. The Balaban J connectivity index is 1.62. The molecule has 23 heavy (non-hydrogen) atoms. The minimum absolute atomic E-state index is 0.0495. The third-order valence-corrected chi connectivity index (χ3v) is 4.16. The monoisotopic (exact) mass is 314 g/mol. The van der Waals surface area contributed by atoms with Gasteiger partial charge in [0, 0.05) is 31.7 Å². The first-order valence-electron chi connectivity index (χ1n) is 8.02. The molecule has 2 N–H and O–H groups in total. The second-order valence-corrected chi connectivity index (χ2v) is 5.78. The molecule has 1 aromatic heterocycles. The van der Waals surface area contributed by atoms with Gasteiger partial charge in [-0.3, -0.25) is 0 Å². The number of rotatable bonds is 5. The van der Waals surface area contributed by atoms with E-state index < -0.39 is 0 Å². The van der Waals surface area contributed by atoms with Crippen molar-refractivity contribution in [3.63, 3.8) is 0 Å². The summed E-state index contributed by atoms with van der Waals surface area (Å²) < 4.78 is 1.78. The zero-order chi connectivity index (χ0) is 16.1. The lowest BCUT2D eigenvalue weighted by Gasteiger charge is -2.18. The Labute approximate surface area is 135 Å². The molecule has 0 saturated carbocycles. The van der Waals surface area contributed by atoms with E-state index in [1.807, 2.05) is 47.5 Å². The molecule has 1 aliphatic heterocycles. The zero-order valence-corrected chi connectivity index (χ0v) is 13.1. The number of hydrogen-bond donors (Lipinski definition) is 2. The molecule has 0 aliphatic carbocycles. The van der Waals surface area contributed by atoms with Gasteiger partial charge in [0.05, 0.1) is 18.0 Å². The van der Waals surface area contributed by atoms with E-state index in [4.69, 9.17) is 0 Å². The lowest BCUT2D eigenvalue weighted by Crippen LogP contribution is -2.40. The largest absolute Gasteiger partial charge is 0.396 e. The molecular weight excluding hydrogens is 292 g/mol. The SMILES string of the molecule is O=C(NCC(CO)c1ccn(-c2ccccc2)n1)N1CCCC1. The van der Waals surface area contributed by atoms with E-state index in [1.165, 1.54) is 0 Å². The van der Waals surface area contributed by atoms with E-state index in [0.717, 1.165) is 37.3 Å². The smallest absolute Gasteiger partial charge is 0.317 e. The second-order valence-electron chi connectivity index (χ2n) is 5.78. The average Bonchev–Trinajstić information content (AvgIpc) is 3.28. The van der Waals surface area contributed by atoms with Crippen LogP contribution in [0.15, 0.2) is 42.6 Å². The van der Waals surface area contributed by atoms with Crippen LogP contribution in [-0.4, -0.2) is 52.1 Å². The number of urea groups is 1. The van der Waals surface area contributed by atoms with Crippen LogP contribution >= 0.6 is 0 Å². The van der Waals surface area contributed by atoms with Crippen molar-refractivity contribution in [2.24, 2.45) is 0 Å². The molecule has 6 nitrogen and oxygen atoms in total. The third kappa shape index (κ3) is 3.71. The van der Waals surface area contributed by atoms with Crippen LogP contribution in [0.2, 0.25) is 0 Å². The fraction of sp³-hybridized carbons (Fsp3) is 0.412. The van der Waals surface area contributed by atoms with Crippen LogP contribution in [0.25, 0.3) is 5.69 Å². The van der Waals surface area contributed by atoms with Crippen LogP contribution in [-0.2, 0) is 0 Å². The van der Waals surface area contributed by atoms with Crippen molar-refractivity contribution in [3.8, 4) is 5.69 Å². The van der Waals surface area contributed by atoms with E-state index in [-0.39, 0.29) is 18.6 Å². The van der Waals surface area contributed by atoms with Gasteiger partial charge >= 0.3 is 6.03 Å². The Kier molecular flexibility index (Phi) is 4.92. The van der Waals surface area contributed by atoms with Gasteiger partial charge in [-0.1, -0.05) is 18.2 Å². The van der Waals surface area contributed by atoms with Gasteiger partial charge in [-0.05, 0) is 31.0 Å². The molecule has 0 spiro atoms. The first kappa shape index (κ1) is 15.6. The molecule has 122 valence electrons. The number of nitrogens with one attached hydrogen (secondary N) is 1. The quantitative estimate of drug-likeness (QED) is 0.883. The van der Waals surface area contributed by atoms with Crippen LogP contribution in [0.3, 0.4) is 0 Å². The molecule has 1 aromatic carbocycles. The molecule has 2 heterocycles. The number of para-hydroxylation sites is 1. The highest BCUT2D eigenvalue weighted by Crippen LogP contribution is 2.15. The van der Waals surface area contributed by atoms with E-state index in [9.17, 15) is 9.90 Å². The van der Waals surface area contributed by atoms with Crippen LogP contribution < -0.4 is 5.32 Å². The number of aromatic nitrogens is 2. The summed E-state index contributed by atoms with van der Waals surface area (Å²) in [6.07, 6.45) is 4.01. The van der Waals surface area contributed by atoms with Crippen molar-refractivity contribution in [2.75, 3.05) is 26.2 Å². The minimum atomic E-state index is -0.202. The molecule has 1 atom stereocenters. The van der Waals surface area contributed by atoms with E-state index >= 15 is 0 Å². The summed E-state index contributed by atoms with van der Waals surface area (Å²) in [4.78, 5) is 13.8. The summed E-state index contributed by atoms with van der Waals surface area (Å²) in [5.74, 6) is -0.202. The number of hydrogen-bond acceptors (Lipinski definition) is 3. The van der Waals surface area contributed by atoms with Crippen LogP contribution in [0, 0.1) is 0 Å². The highest BCUT2D eigenvalue weighted by atomic mass is 16.3. The third-order valence-electron chi connectivity index (χ3n) is 4.16. The summed E-state index contributed by atoms with van der Waals surface area (Å²) in [6.45, 7) is 1.97. The fourth-order valence-electron chi connectivity index (χ4n) is 2.79. The average molecular weight is 314 g/mol. The number of aliphatic hydroxyl groups is 1. The van der Waals surface area contributed by atoms with Gasteiger partial charge in [0.1, 0.15) is 0 Å². The van der Waals surface area contributed by atoms with Crippen molar-refractivity contribution in [2.45, 2.75) is 18.8 Å². The molecule has 2 aromatic rings. The van der Waals surface area contributed by atoms with E-state index in [1.54, 1.807) is 4.68 Å². The Bertz CT molecular complexity index is 635. The molecule has 1 fully saturated rings. The molecule has 2 amide bonds. The van der Waals surface area contributed by atoms with Gasteiger partial charge < -0.3 is 15.3 Å². The van der Waals surface area contributed by atoms with Crippen LogP contribution in [0.4, 0.5) is 4.79 Å². The van der Waals surface area contributed by atoms with Crippen molar-refractivity contribution in [3.05, 3.63) is 48.3 Å². The summed E-state index contributed by atoms with van der Waals surface area (Å²) in [6, 6.07) is 11.6. The van der Waals surface area contributed by atoms with Gasteiger partial charge in [-0.25, -0.2) is 9.48 Å². The summed E-state index contributed by atoms with van der Waals surface area (Å²) in [5.41, 5.74) is 1.75. The zero-order valence-electron chi connectivity index (χ0n) is 13.1.